The van der Waals surface area contributed by atoms with E-state index in [0.717, 1.165) is 0 Å². The second-order valence-electron chi connectivity index (χ2n) is 4.69. The zero-order valence-corrected chi connectivity index (χ0v) is 12.0. The maximum atomic E-state index is 12.4. The Labute approximate surface area is 121 Å². The number of ketones is 1. The highest BCUT2D eigenvalue weighted by Crippen LogP contribution is 2.30. The van der Waals surface area contributed by atoms with Gasteiger partial charge in [-0.3, -0.25) is 9.59 Å². The molecule has 1 aromatic rings. The monoisotopic (exact) mass is 300 g/mol. The highest BCUT2D eigenvalue weighted by Gasteiger charge is 2.28. The van der Waals surface area contributed by atoms with Gasteiger partial charge in [-0.05, 0) is 19.1 Å². The first-order chi connectivity index (χ1) is 8.90. The van der Waals surface area contributed by atoms with Gasteiger partial charge in [0, 0.05) is 31.0 Å². The number of nitrogens with zero attached hydrogens (tertiary/aromatic N) is 1. The highest BCUT2D eigenvalue weighted by molar-refractivity contribution is 6.39. The minimum atomic E-state index is -0.177. The maximum absolute atomic E-state index is 12.4. The minimum Gasteiger partial charge on any atom is -0.396 e. The van der Waals surface area contributed by atoms with Crippen molar-refractivity contribution in [1.82, 2.24) is 4.90 Å². The second kappa shape index (κ2) is 5.39. The third-order valence-electron chi connectivity index (χ3n) is 3.27. The van der Waals surface area contributed by atoms with E-state index >= 15 is 0 Å². The fraction of sp³-hybridized carbons (Fsp3) is 0.385. The summed E-state index contributed by atoms with van der Waals surface area (Å²) in [7, 11) is 0. The number of nitrogen functional groups attached to an aromatic ring is 1. The van der Waals surface area contributed by atoms with Gasteiger partial charge in [0.15, 0.2) is 0 Å². The molecule has 1 atom stereocenters. The Morgan fingerprint density at radius 1 is 1.37 bits per heavy atom. The van der Waals surface area contributed by atoms with Crippen molar-refractivity contribution in [3.05, 3.63) is 27.7 Å². The number of anilines is 1. The van der Waals surface area contributed by atoms with Crippen molar-refractivity contribution >= 4 is 40.6 Å². The molecule has 1 aliphatic rings. The van der Waals surface area contributed by atoms with Crippen LogP contribution in [0.5, 0.6) is 0 Å². The lowest BCUT2D eigenvalue weighted by molar-refractivity contribution is -0.122. The molecule has 1 fully saturated rings. The smallest absolute Gasteiger partial charge is 0.254 e. The van der Waals surface area contributed by atoms with Gasteiger partial charge in [0.2, 0.25) is 0 Å². The number of carbonyl (C=O) groups excluding carboxylic acids is 2. The Bertz CT molecular complexity index is 522. The number of hydrogen-bond donors (Lipinski definition) is 1. The standard InChI is InChI=1S/C13H14Cl2N2O2/c1-7-4-9(18)2-3-17(7)13(19)8-5-10(14)12(16)11(15)6-8/h5-7H,2-4,16H2,1H3/t7-/m1/s1. The Morgan fingerprint density at radius 3 is 2.47 bits per heavy atom. The molecule has 102 valence electrons. The molecule has 0 bridgehead atoms. The summed E-state index contributed by atoms with van der Waals surface area (Å²) >= 11 is 11.9. The van der Waals surface area contributed by atoms with Crippen LogP contribution in [0, 0.1) is 0 Å². The Kier molecular flexibility index (Phi) is 4.02. The summed E-state index contributed by atoms with van der Waals surface area (Å²) in [4.78, 5) is 25.4. The summed E-state index contributed by atoms with van der Waals surface area (Å²) in [6.07, 6.45) is 0.786. The van der Waals surface area contributed by atoms with Gasteiger partial charge in [0.1, 0.15) is 5.78 Å². The Hall–Kier alpha value is -1.26. The van der Waals surface area contributed by atoms with E-state index in [1.807, 2.05) is 6.92 Å². The average Bonchev–Trinajstić information content (AvgIpc) is 2.34. The van der Waals surface area contributed by atoms with E-state index in [-0.39, 0.29) is 33.5 Å². The molecule has 1 amide bonds. The minimum absolute atomic E-state index is 0.108. The molecule has 1 heterocycles. The first kappa shape index (κ1) is 14.2. The summed E-state index contributed by atoms with van der Waals surface area (Å²) in [5.41, 5.74) is 6.30. The molecular formula is C13H14Cl2N2O2. The van der Waals surface area contributed by atoms with Crippen LogP contribution in [0.25, 0.3) is 0 Å². The van der Waals surface area contributed by atoms with Crippen LogP contribution in [0.3, 0.4) is 0 Å². The highest BCUT2D eigenvalue weighted by atomic mass is 35.5. The maximum Gasteiger partial charge on any atom is 0.254 e. The lowest BCUT2D eigenvalue weighted by Gasteiger charge is -2.32. The first-order valence-electron chi connectivity index (χ1n) is 5.97. The van der Waals surface area contributed by atoms with Gasteiger partial charge in [-0.1, -0.05) is 23.2 Å². The molecule has 1 aliphatic heterocycles. The summed E-state index contributed by atoms with van der Waals surface area (Å²) in [5.74, 6) is 0.00807. The van der Waals surface area contributed by atoms with Crippen molar-refractivity contribution in [2.24, 2.45) is 0 Å². The summed E-state index contributed by atoms with van der Waals surface area (Å²) in [6.45, 7) is 2.29. The van der Waals surface area contributed by atoms with Gasteiger partial charge in [-0.2, -0.15) is 0 Å². The largest absolute Gasteiger partial charge is 0.396 e. The molecule has 0 aliphatic carbocycles. The molecule has 0 saturated carbocycles. The molecule has 1 aromatic carbocycles. The molecule has 0 spiro atoms. The number of Topliss-reactive ketones (excluding diaryl/α,β-unsaturated/α-hetero) is 1. The molecule has 4 nitrogen and oxygen atoms in total. The number of rotatable bonds is 1. The summed E-state index contributed by atoms with van der Waals surface area (Å²) < 4.78 is 0. The quantitative estimate of drug-likeness (QED) is 0.811. The van der Waals surface area contributed by atoms with Gasteiger partial charge in [-0.25, -0.2) is 0 Å². The van der Waals surface area contributed by atoms with E-state index in [0.29, 0.717) is 24.9 Å². The van der Waals surface area contributed by atoms with E-state index in [9.17, 15) is 9.59 Å². The fourth-order valence-electron chi connectivity index (χ4n) is 2.18. The van der Waals surface area contributed by atoms with Crippen LogP contribution in [0.15, 0.2) is 12.1 Å². The van der Waals surface area contributed by atoms with Crippen LogP contribution in [0.1, 0.15) is 30.1 Å². The fourth-order valence-corrected chi connectivity index (χ4v) is 2.67. The second-order valence-corrected chi connectivity index (χ2v) is 5.51. The zero-order chi connectivity index (χ0) is 14.2. The van der Waals surface area contributed by atoms with Crippen molar-refractivity contribution in [1.29, 1.82) is 0 Å². The molecule has 1 saturated heterocycles. The number of halogens is 2. The number of hydrogen-bond acceptors (Lipinski definition) is 3. The van der Waals surface area contributed by atoms with Crippen LogP contribution in [-0.2, 0) is 4.79 Å². The van der Waals surface area contributed by atoms with E-state index in [1.54, 1.807) is 4.90 Å². The normalized spacial score (nSPS) is 19.6. The average molecular weight is 301 g/mol. The number of benzene rings is 1. The topological polar surface area (TPSA) is 63.4 Å². The zero-order valence-electron chi connectivity index (χ0n) is 10.5. The number of nitrogens with two attached hydrogens (primary N) is 1. The molecule has 6 heteroatoms. The molecule has 0 aromatic heterocycles. The van der Waals surface area contributed by atoms with Gasteiger partial charge >= 0.3 is 0 Å². The van der Waals surface area contributed by atoms with Crippen LogP contribution in [0.4, 0.5) is 5.69 Å². The van der Waals surface area contributed by atoms with Gasteiger partial charge in [-0.15, -0.1) is 0 Å². The van der Waals surface area contributed by atoms with Crippen LogP contribution < -0.4 is 5.73 Å². The Balaban J connectivity index is 2.27. The van der Waals surface area contributed by atoms with Crippen molar-refractivity contribution < 1.29 is 9.59 Å². The third kappa shape index (κ3) is 2.85. The molecular weight excluding hydrogens is 287 g/mol. The van der Waals surface area contributed by atoms with Crippen LogP contribution >= 0.6 is 23.2 Å². The van der Waals surface area contributed by atoms with Crippen molar-refractivity contribution in [2.75, 3.05) is 12.3 Å². The summed E-state index contributed by atoms with van der Waals surface area (Å²) in [6, 6.07) is 2.91. The molecule has 0 unspecified atom stereocenters. The third-order valence-corrected chi connectivity index (χ3v) is 3.90. The summed E-state index contributed by atoms with van der Waals surface area (Å²) in [5, 5.41) is 0.521. The predicted octanol–water partition coefficient (Wildman–Crippen LogP) is 2.77. The molecule has 2 rings (SSSR count). The Morgan fingerprint density at radius 2 is 1.95 bits per heavy atom. The molecule has 19 heavy (non-hydrogen) atoms. The van der Waals surface area contributed by atoms with Crippen molar-refractivity contribution in [3.63, 3.8) is 0 Å². The van der Waals surface area contributed by atoms with Gasteiger partial charge in [0.05, 0.1) is 15.7 Å². The lowest BCUT2D eigenvalue weighted by Crippen LogP contribution is -2.44. The van der Waals surface area contributed by atoms with E-state index in [1.165, 1.54) is 12.1 Å². The van der Waals surface area contributed by atoms with E-state index in [2.05, 4.69) is 0 Å². The van der Waals surface area contributed by atoms with Crippen LogP contribution in [0.2, 0.25) is 10.0 Å². The number of amides is 1. The SMILES string of the molecule is C[C@@H]1CC(=O)CCN1C(=O)c1cc(Cl)c(N)c(Cl)c1. The van der Waals surface area contributed by atoms with Gasteiger partial charge in [0.25, 0.3) is 5.91 Å². The van der Waals surface area contributed by atoms with E-state index in [4.69, 9.17) is 28.9 Å². The molecule has 2 N–H and O–H groups in total. The first-order valence-corrected chi connectivity index (χ1v) is 6.73. The number of carbonyl (C=O) groups is 2. The van der Waals surface area contributed by atoms with E-state index < -0.39 is 0 Å². The van der Waals surface area contributed by atoms with Crippen molar-refractivity contribution in [3.8, 4) is 0 Å². The number of piperidine rings is 1. The van der Waals surface area contributed by atoms with Crippen molar-refractivity contribution in [2.45, 2.75) is 25.8 Å². The molecule has 0 radical (unpaired) electrons. The van der Waals surface area contributed by atoms with Gasteiger partial charge < -0.3 is 10.6 Å². The lowest BCUT2D eigenvalue weighted by atomic mass is 10.0. The predicted molar refractivity (Wildman–Crippen MR) is 75.6 cm³/mol. The number of likely N-dealkylation sites (tertiary alicyclic amines) is 1. The van der Waals surface area contributed by atoms with Crippen LogP contribution in [-0.4, -0.2) is 29.2 Å².